The van der Waals surface area contributed by atoms with Crippen LogP contribution in [0.5, 0.6) is 0 Å². The standard InChI is InChI=1S/C16H17BrN2O2/c1-10-6-11(16(20)21)9-19(8-10)15-4-5-18-14-7-12(17)2-3-13(14)15/h2-5,7,10-11H,6,8-9H2,1H3,(H,20,21). The van der Waals surface area contributed by atoms with Crippen LogP contribution in [0.1, 0.15) is 13.3 Å². The van der Waals surface area contributed by atoms with Crippen molar-refractivity contribution in [2.24, 2.45) is 11.8 Å². The molecule has 0 amide bonds. The lowest BCUT2D eigenvalue weighted by atomic mass is 9.90. The molecule has 0 bridgehead atoms. The number of carbonyl (C=O) groups is 1. The molecule has 2 atom stereocenters. The molecule has 0 radical (unpaired) electrons. The number of carboxylic acids is 1. The fourth-order valence-corrected chi connectivity index (χ4v) is 3.46. The predicted octanol–water partition coefficient (Wildman–Crippen LogP) is 3.54. The molecule has 0 saturated carbocycles. The van der Waals surface area contributed by atoms with E-state index in [1.807, 2.05) is 24.3 Å². The fourth-order valence-electron chi connectivity index (χ4n) is 3.11. The van der Waals surface area contributed by atoms with Gasteiger partial charge >= 0.3 is 5.97 Å². The van der Waals surface area contributed by atoms with Crippen molar-refractivity contribution in [1.82, 2.24) is 4.98 Å². The predicted molar refractivity (Wildman–Crippen MR) is 86.6 cm³/mol. The van der Waals surface area contributed by atoms with E-state index >= 15 is 0 Å². The summed E-state index contributed by atoms with van der Waals surface area (Å²) in [4.78, 5) is 17.9. The maximum absolute atomic E-state index is 11.3. The van der Waals surface area contributed by atoms with Crippen molar-refractivity contribution in [3.05, 3.63) is 34.9 Å². The number of benzene rings is 1. The molecule has 0 spiro atoms. The maximum atomic E-state index is 11.3. The Morgan fingerprint density at radius 2 is 2.19 bits per heavy atom. The van der Waals surface area contributed by atoms with Crippen molar-refractivity contribution in [3.63, 3.8) is 0 Å². The summed E-state index contributed by atoms with van der Waals surface area (Å²) in [5, 5.41) is 10.4. The summed E-state index contributed by atoms with van der Waals surface area (Å²) in [5.41, 5.74) is 2.00. The number of pyridine rings is 1. The van der Waals surface area contributed by atoms with E-state index in [1.54, 1.807) is 6.20 Å². The molecule has 1 aromatic heterocycles. The summed E-state index contributed by atoms with van der Waals surface area (Å²) in [5.74, 6) is -0.626. The zero-order valence-electron chi connectivity index (χ0n) is 11.8. The first-order valence-electron chi connectivity index (χ1n) is 7.06. The summed E-state index contributed by atoms with van der Waals surface area (Å²) in [6.07, 6.45) is 2.54. The van der Waals surface area contributed by atoms with Crippen LogP contribution in [0.2, 0.25) is 0 Å². The second-order valence-electron chi connectivity index (χ2n) is 5.77. The summed E-state index contributed by atoms with van der Waals surface area (Å²) in [6, 6.07) is 8.00. The zero-order chi connectivity index (χ0) is 15.0. The summed E-state index contributed by atoms with van der Waals surface area (Å²) in [7, 11) is 0. The largest absolute Gasteiger partial charge is 0.481 e. The normalized spacial score (nSPS) is 22.5. The van der Waals surface area contributed by atoms with E-state index in [0.29, 0.717) is 12.5 Å². The van der Waals surface area contributed by atoms with Crippen LogP contribution in [0.25, 0.3) is 10.9 Å². The molecule has 0 aliphatic carbocycles. The number of hydrogen-bond donors (Lipinski definition) is 1. The summed E-state index contributed by atoms with van der Waals surface area (Å²) in [6.45, 7) is 3.57. The van der Waals surface area contributed by atoms with Gasteiger partial charge < -0.3 is 10.0 Å². The van der Waals surface area contributed by atoms with Crippen molar-refractivity contribution in [2.45, 2.75) is 13.3 Å². The number of fused-ring (bicyclic) bond motifs is 1. The Balaban J connectivity index is 2.01. The third-order valence-electron chi connectivity index (χ3n) is 4.03. The van der Waals surface area contributed by atoms with Crippen molar-refractivity contribution < 1.29 is 9.90 Å². The van der Waals surface area contributed by atoms with E-state index in [9.17, 15) is 9.90 Å². The highest BCUT2D eigenvalue weighted by Gasteiger charge is 2.30. The van der Waals surface area contributed by atoms with Gasteiger partial charge in [0, 0.05) is 34.8 Å². The van der Waals surface area contributed by atoms with E-state index in [1.165, 1.54) is 0 Å². The van der Waals surface area contributed by atoms with Crippen LogP contribution in [0, 0.1) is 11.8 Å². The number of hydrogen-bond acceptors (Lipinski definition) is 3. The SMILES string of the molecule is CC1CC(C(=O)O)CN(c2ccnc3cc(Br)ccc23)C1. The van der Waals surface area contributed by atoms with Gasteiger partial charge in [0.1, 0.15) is 0 Å². The van der Waals surface area contributed by atoms with Gasteiger partial charge in [0.25, 0.3) is 0 Å². The number of rotatable bonds is 2. The van der Waals surface area contributed by atoms with Crippen LogP contribution >= 0.6 is 15.9 Å². The van der Waals surface area contributed by atoms with Gasteiger partial charge in [-0.3, -0.25) is 9.78 Å². The molecule has 1 aromatic carbocycles. The number of aliphatic carboxylic acids is 1. The van der Waals surface area contributed by atoms with Gasteiger partial charge in [-0.15, -0.1) is 0 Å². The first-order chi connectivity index (χ1) is 10.0. The Morgan fingerprint density at radius 3 is 2.95 bits per heavy atom. The molecule has 2 heterocycles. The first kappa shape index (κ1) is 14.3. The van der Waals surface area contributed by atoms with E-state index in [-0.39, 0.29) is 5.92 Å². The highest BCUT2D eigenvalue weighted by Crippen LogP contribution is 2.32. The Bertz CT molecular complexity index is 689. The van der Waals surface area contributed by atoms with E-state index < -0.39 is 5.97 Å². The second kappa shape index (κ2) is 5.64. The van der Waals surface area contributed by atoms with E-state index in [4.69, 9.17) is 0 Å². The van der Waals surface area contributed by atoms with Gasteiger partial charge in [-0.2, -0.15) is 0 Å². The topological polar surface area (TPSA) is 53.4 Å². The smallest absolute Gasteiger partial charge is 0.308 e. The summed E-state index contributed by atoms with van der Waals surface area (Å²) >= 11 is 3.46. The number of piperidine rings is 1. The average Bonchev–Trinajstić information content (AvgIpc) is 2.45. The third kappa shape index (κ3) is 2.88. The van der Waals surface area contributed by atoms with Gasteiger partial charge in [0.2, 0.25) is 0 Å². The molecule has 1 fully saturated rings. The highest BCUT2D eigenvalue weighted by molar-refractivity contribution is 9.10. The Kier molecular flexibility index (Phi) is 3.85. The van der Waals surface area contributed by atoms with Gasteiger partial charge in [-0.05, 0) is 36.6 Å². The molecule has 2 aromatic rings. The Labute approximate surface area is 131 Å². The van der Waals surface area contributed by atoms with Crippen LogP contribution < -0.4 is 4.90 Å². The minimum Gasteiger partial charge on any atom is -0.481 e. The molecule has 1 aliphatic rings. The molecule has 110 valence electrons. The maximum Gasteiger partial charge on any atom is 0.308 e. The van der Waals surface area contributed by atoms with Crippen LogP contribution in [-0.4, -0.2) is 29.1 Å². The number of anilines is 1. The van der Waals surface area contributed by atoms with Crippen LogP contribution in [0.4, 0.5) is 5.69 Å². The monoisotopic (exact) mass is 348 g/mol. The molecule has 1 aliphatic heterocycles. The number of halogens is 1. The number of nitrogens with zero attached hydrogens (tertiary/aromatic N) is 2. The molecule has 21 heavy (non-hydrogen) atoms. The van der Waals surface area contributed by atoms with Crippen molar-refractivity contribution >= 4 is 38.5 Å². The van der Waals surface area contributed by atoms with Gasteiger partial charge in [0.15, 0.2) is 0 Å². The number of carboxylic acid groups (broad SMARTS) is 1. The quantitative estimate of drug-likeness (QED) is 0.901. The van der Waals surface area contributed by atoms with Crippen molar-refractivity contribution in [2.75, 3.05) is 18.0 Å². The Hall–Kier alpha value is -1.62. The Morgan fingerprint density at radius 1 is 1.38 bits per heavy atom. The van der Waals surface area contributed by atoms with Crippen LogP contribution in [0.3, 0.4) is 0 Å². The van der Waals surface area contributed by atoms with Gasteiger partial charge in [-0.1, -0.05) is 22.9 Å². The van der Waals surface area contributed by atoms with E-state index in [2.05, 4.69) is 32.7 Å². The minimum absolute atomic E-state index is 0.299. The van der Waals surface area contributed by atoms with Crippen LogP contribution in [0.15, 0.2) is 34.9 Å². The molecule has 1 N–H and O–H groups in total. The lowest BCUT2D eigenvalue weighted by Gasteiger charge is -2.36. The van der Waals surface area contributed by atoms with Gasteiger partial charge in [0.05, 0.1) is 11.4 Å². The average molecular weight is 349 g/mol. The minimum atomic E-state index is -0.701. The molecular formula is C16H17BrN2O2. The molecular weight excluding hydrogens is 332 g/mol. The zero-order valence-corrected chi connectivity index (χ0v) is 13.4. The molecule has 5 heteroatoms. The van der Waals surface area contributed by atoms with Crippen molar-refractivity contribution in [3.8, 4) is 0 Å². The van der Waals surface area contributed by atoms with Crippen molar-refractivity contribution in [1.29, 1.82) is 0 Å². The highest BCUT2D eigenvalue weighted by atomic mass is 79.9. The van der Waals surface area contributed by atoms with E-state index in [0.717, 1.165) is 34.0 Å². The second-order valence-corrected chi connectivity index (χ2v) is 6.69. The van der Waals surface area contributed by atoms with Gasteiger partial charge in [-0.25, -0.2) is 0 Å². The lowest BCUT2D eigenvalue weighted by molar-refractivity contribution is -0.142. The molecule has 3 rings (SSSR count). The van der Waals surface area contributed by atoms with Crippen LogP contribution in [-0.2, 0) is 4.79 Å². The molecule has 4 nitrogen and oxygen atoms in total. The fraction of sp³-hybridized carbons (Fsp3) is 0.375. The summed E-state index contributed by atoms with van der Waals surface area (Å²) < 4.78 is 0.995. The number of aromatic nitrogens is 1. The first-order valence-corrected chi connectivity index (χ1v) is 7.86. The molecule has 1 saturated heterocycles. The molecule has 2 unspecified atom stereocenters. The third-order valence-corrected chi connectivity index (χ3v) is 4.52. The lowest BCUT2D eigenvalue weighted by Crippen LogP contribution is -2.42.